The lowest BCUT2D eigenvalue weighted by atomic mass is 9.97. The summed E-state index contributed by atoms with van der Waals surface area (Å²) in [5.41, 5.74) is 14.9. The summed E-state index contributed by atoms with van der Waals surface area (Å²) >= 11 is 0. The van der Waals surface area contributed by atoms with Crippen LogP contribution in [0, 0.1) is 0 Å². The Morgan fingerprint density at radius 1 is 0.841 bits per heavy atom. The van der Waals surface area contributed by atoms with Gasteiger partial charge in [0, 0.05) is 34.4 Å². The SMILES string of the molecule is C=C/C=C(\C=C/C)N1c2ccccc2C(=C)/C=C\c2c1c1c(n2-c2cccc(-c3c[nH]c(-c4ccccc4)c3)c2)C=CCC1. The first-order chi connectivity index (χ1) is 21.7. The highest BCUT2D eigenvalue weighted by molar-refractivity contribution is 5.95. The van der Waals surface area contributed by atoms with Crippen LogP contribution in [0.4, 0.5) is 11.4 Å². The van der Waals surface area contributed by atoms with Crippen LogP contribution in [0.5, 0.6) is 0 Å². The summed E-state index contributed by atoms with van der Waals surface area (Å²) in [7, 11) is 0. The van der Waals surface area contributed by atoms with Gasteiger partial charge in [0.05, 0.1) is 22.8 Å². The van der Waals surface area contributed by atoms with E-state index in [9.17, 15) is 0 Å². The first kappa shape index (κ1) is 27.3. The summed E-state index contributed by atoms with van der Waals surface area (Å²) in [6, 6.07) is 30.1. The number of aromatic amines is 1. The second-order valence-corrected chi connectivity index (χ2v) is 11.1. The maximum atomic E-state index is 4.48. The molecule has 0 unspecified atom stereocenters. The van der Waals surface area contributed by atoms with E-state index in [1.165, 1.54) is 28.1 Å². The van der Waals surface area contributed by atoms with Gasteiger partial charge >= 0.3 is 0 Å². The second kappa shape index (κ2) is 11.6. The summed E-state index contributed by atoms with van der Waals surface area (Å²) < 4.78 is 2.42. The fourth-order valence-corrected chi connectivity index (χ4v) is 6.44. The molecule has 0 amide bonds. The van der Waals surface area contributed by atoms with Crippen molar-refractivity contribution in [3.8, 4) is 28.1 Å². The third-order valence-electron chi connectivity index (χ3n) is 8.40. The highest BCUT2D eigenvalue weighted by atomic mass is 15.2. The van der Waals surface area contributed by atoms with Crippen LogP contribution in [-0.2, 0) is 6.42 Å². The molecular formula is C41H35N3. The van der Waals surface area contributed by atoms with Gasteiger partial charge in [-0.3, -0.25) is 0 Å². The van der Waals surface area contributed by atoms with Crippen molar-refractivity contribution in [2.45, 2.75) is 19.8 Å². The van der Waals surface area contributed by atoms with Crippen molar-refractivity contribution < 1.29 is 0 Å². The average molecular weight is 570 g/mol. The van der Waals surface area contributed by atoms with Crippen molar-refractivity contribution >= 4 is 29.1 Å². The molecule has 1 aliphatic heterocycles. The van der Waals surface area contributed by atoms with E-state index in [0.717, 1.165) is 58.0 Å². The van der Waals surface area contributed by atoms with Gasteiger partial charge in [-0.25, -0.2) is 0 Å². The minimum atomic E-state index is 0.962. The molecule has 44 heavy (non-hydrogen) atoms. The second-order valence-electron chi connectivity index (χ2n) is 11.1. The Bertz CT molecular complexity index is 2010. The largest absolute Gasteiger partial charge is 0.361 e. The Hall–Kier alpha value is -5.54. The molecule has 2 aliphatic rings. The Morgan fingerprint density at radius 3 is 2.50 bits per heavy atom. The molecule has 0 saturated heterocycles. The minimum absolute atomic E-state index is 0.962. The average Bonchev–Trinajstić information content (AvgIpc) is 3.68. The normalized spacial score (nSPS) is 15.0. The molecule has 7 rings (SSSR count). The topological polar surface area (TPSA) is 24.0 Å². The maximum absolute atomic E-state index is 4.48. The number of para-hydroxylation sites is 1. The lowest BCUT2D eigenvalue weighted by molar-refractivity contribution is 0.954. The molecule has 5 aromatic rings. The highest BCUT2D eigenvalue weighted by Gasteiger charge is 2.30. The maximum Gasteiger partial charge on any atom is 0.0755 e. The fraction of sp³-hybridized carbons (Fsp3) is 0.0732. The van der Waals surface area contributed by atoms with Gasteiger partial charge in [0.15, 0.2) is 0 Å². The van der Waals surface area contributed by atoms with Crippen LogP contribution in [0.15, 0.2) is 146 Å². The van der Waals surface area contributed by atoms with Gasteiger partial charge < -0.3 is 14.5 Å². The number of nitrogens with one attached hydrogen (secondary N) is 1. The van der Waals surface area contributed by atoms with E-state index in [1.807, 2.05) is 12.1 Å². The number of hydrogen-bond acceptors (Lipinski definition) is 1. The number of rotatable bonds is 6. The third-order valence-corrected chi connectivity index (χ3v) is 8.40. The van der Waals surface area contributed by atoms with Crippen LogP contribution in [0.3, 0.4) is 0 Å². The van der Waals surface area contributed by atoms with Gasteiger partial charge in [0.25, 0.3) is 0 Å². The van der Waals surface area contributed by atoms with Gasteiger partial charge in [0.2, 0.25) is 0 Å². The summed E-state index contributed by atoms with van der Waals surface area (Å²) in [5, 5.41) is 0. The molecule has 0 atom stereocenters. The summed E-state index contributed by atoms with van der Waals surface area (Å²) in [6.45, 7) is 10.6. The number of hydrogen-bond donors (Lipinski definition) is 1. The summed E-state index contributed by atoms with van der Waals surface area (Å²) in [4.78, 5) is 5.88. The van der Waals surface area contributed by atoms with Crippen molar-refractivity contribution in [3.63, 3.8) is 0 Å². The first-order valence-electron chi connectivity index (χ1n) is 15.2. The Balaban J connectivity index is 1.46. The van der Waals surface area contributed by atoms with E-state index in [4.69, 9.17) is 0 Å². The smallest absolute Gasteiger partial charge is 0.0755 e. The molecule has 0 saturated carbocycles. The van der Waals surface area contributed by atoms with Gasteiger partial charge in [-0.1, -0.05) is 98.1 Å². The molecule has 0 bridgehead atoms. The van der Waals surface area contributed by atoms with Gasteiger partial charge in [-0.15, -0.1) is 0 Å². The Labute approximate surface area is 259 Å². The number of allylic oxidation sites excluding steroid dienone is 7. The van der Waals surface area contributed by atoms with Crippen molar-refractivity contribution in [2.24, 2.45) is 0 Å². The van der Waals surface area contributed by atoms with E-state index in [0.29, 0.717) is 0 Å². The predicted octanol–water partition coefficient (Wildman–Crippen LogP) is 10.9. The Morgan fingerprint density at radius 2 is 1.66 bits per heavy atom. The molecule has 214 valence electrons. The molecular weight excluding hydrogens is 534 g/mol. The molecule has 1 aliphatic carbocycles. The number of H-pyrrole nitrogens is 1. The lowest BCUT2D eigenvalue weighted by Crippen LogP contribution is -2.19. The van der Waals surface area contributed by atoms with E-state index in [2.05, 4.69) is 162 Å². The van der Waals surface area contributed by atoms with Crippen molar-refractivity contribution in [2.75, 3.05) is 4.90 Å². The molecule has 2 aromatic heterocycles. The molecule has 0 fully saturated rings. The van der Waals surface area contributed by atoms with E-state index < -0.39 is 0 Å². The van der Waals surface area contributed by atoms with E-state index in [1.54, 1.807) is 0 Å². The fourth-order valence-electron chi connectivity index (χ4n) is 6.44. The monoisotopic (exact) mass is 569 g/mol. The standard InChI is InChI=1S/C41H35N3/c1-4-14-33(15-5-2)44-38-22-11-9-20-35(38)29(3)24-25-40-41(44)36-21-10-12-23-39(36)43(40)34-19-13-18-31(26-34)32-27-37(42-28-32)30-16-7-6-8-17-30/h4-9,11-20,22-28,42H,1,3,10,21H2,2H3/b15-5-,25-24-,33-14+. The van der Waals surface area contributed by atoms with Crippen LogP contribution in [0.1, 0.15) is 35.9 Å². The van der Waals surface area contributed by atoms with Crippen LogP contribution in [0.2, 0.25) is 0 Å². The minimum Gasteiger partial charge on any atom is -0.361 e. The zero-order chi connectivity index (χ0) is 30.0. The molecule has 3 nitrogen and oxygen atoms in total. The van der Waals surface area contributed by atoms with Crippen molar-refractivity contribution in [1.82, 2.24) is 9.55 Å². The molecule has 3 heteroatoms. The zero-order valence-corrected chi connectivity index (χ0v) is 25.0. The van der Waals surface area contributed by atoms with E-state index >= 15 is 0 Å². The summed E-state index contributed by atoms with van der Waals surface area (Å²) in [5.74, 6) is 0. The number of anilines is 2. The van der Waals surface area contributed by atoms with Gasteiger partial charge in [-0.2, -0.15) is 0 Å². The van der Waals surface area contributed by atoms with Crippen LogP contribution in [-0.4, -0.2) is 9.55 Å². The van der Waals surface area contributed by atoms with Crippen LogP contribution in [0.25, 0.3) is 45.8 Å². The predicted molar refractivity (Wildman–Crippen MR) is 188 cm³/mol. The number of aromatic nitrogens is 2. The Kier molecular flexibility index (Phi) is 7.21. The molecule has 0 spiro atoms. The molecule has 0 radical (unpaired) electrons. The lowest BCUT2D eigenvalue weighted by Gasteiger charge is -2.31. The number of nitrogens with zero attached hydrogens (tertiary/aromatic N) is 2. The molecule has 3 heterocycles. The van der Waals surface area contributed by atoms with Gasteiger partial charge in [-0.05, 0) is 90.6 Å². The van der Waals surface area contributed by atoms with E-state index in [-0.39, 0.29) is 0 Å². The highest BCUT2D eigenvalue weighted by Crippen LogP contribution is 2.47. The number of benzene rings is 3. The van der Waals surface area contributed by atoms with Crippen molar-refractivity contribution in [1.29, 1.82) is 0 Å². The van der Waals surface area contributed by atoms with Crippen molar-refractivity contribution in [3.05, 3.63) is 169 Å². The van der Waals surface area contributed by atoms with Crippen LogP contribution < -0.4 is 4.90 Å². The molecule has 1 N–H and O–H groups in total. The van der Waals surface area contributed by atoms with Crippen LogP contribution >= 0.6 is 0 Å². The molecule has 3 aromatic carbocycles. The quantitative estimate of drug-likeness (QED) is 0.202. The van der Waals surface area contributed by atoms with Gasteiger partial charge in [0.1, 0.15) is 0 Å². The third kappa shape index (κ3) is 4.73. The number of fused-ring (bicyclic) bond motifs is 4. The summed E-state index contributed by atoms with van der Waals surface area (Å²) in [6.07, 6.45) is 21.3. The first-order valence-corrected chi connectivity index (χ1v) is 15.2. The zero-order valence-electron chi connectivity index (χ0n) is 25.0.